The molecule has 9 heteroatoms. The zero-order valence-corrected chi connectivity index (χ0v) is 17.5. The molecule has 0 aliphatic rings. The van der Waals surface area contributed by atoms with E-state index in [-0.39, 0.29) is 31.0 Å². The second-order valence-corrected chi connectivity index (χ2v) is 7.43. The molecule has 0 saturated heterocycles. The van der Waals surface area contributed by atoms with Crippen LogP contribution in [0.4, 0.5) is 4.39 Å². The van der Waals surface area contributed by atoms with Gasteiger partial charge in [-0.15, -0.1) is 0 Å². The highest BCUT2D eigenvalue weighted by atomic mass is 19.1. The Morgan fingerprint density at radius 3 is 2.58 bits per heavy atom. The summed E-state index contributed by atoms with van der Waals surface area (Å²) in [5, 5.41) is 22.1. The number of aromatic hydroxyl groups is 1. The largest absolute Gasteiger partial charge is 0.505 e. The smallest absolute Gasteiger partial charge is 0.268 e. The van der Waals surface area contributed by atoms with Crippen LogP contribution in [-0.4, -0.2) is 43.8 Å². The van der Waals surface area contributed by atoms with E-state index in [2.05, 4.69) is 15.3 Å². The summed E-state index contributed by atoms with van der Waals surface area (Å²) < 4.78 is 14.6. The minimum atomic E-state index is -0.805. The van der Waals surface area contributed by atoms with Crippen LogP contribution in [-0.2, 0) is 13.0 Å². The fraction of sp³-hybridized carbons (Fsp3) is 0.167. The van der Waals surface area contributed by atoms with Gasteiger partial charge in [0.15, 0.2) is 5.75 Å². The molecule has 8 nitrogen and oxygen atoms in total. The molecule has 0 saturated carbocycles. The number of aliphatic hydroxyl groups excluding tert-OH is 1. The molecular weight excluding hydrogens is 427 g/mol. The van der Waals surface area contributed by atoms with E-state index in [1.54, 1.807) is 42.6 Å². The molecule has 3 aromatic heterocycles. The Morgan fingerprint density at radius 2 is 1.88 bits per heavy atom. The maximum Gasteiger partial charge on any atom is 0.268 e. The molecular formula is C24H21FN4O4. The number of hydrogen-bond acceptors (Lipinski definition) is 6. The Morgan fingerprint density at radius 1 is 1.09 bits per heavy atom. The Kier molecular flexibility index (Phi) is 6.41. The Bertz CT molecular complexity index is 1360. The topological polar surface area (TPSA) is 117 Å². The van der Waals surface area contributed by atoms with E-state index in [1.165, 1.54) is 22.9 Å². The lowest BCUT2D eigenvalue weighted by Gasteiger charge is -2.15. The minimum Gasteiger partial charge on any atom is -0.505 e. The predicted molar refractivity (Wildman–Crippen MR) is 120 cm³/mol. The number of carbonyl (C=O) groups is 1. The van der Waals surface area contributed by atoms with E-state index in [4.69, 9.17) is 5.11 Å². The van der Waals surface area contributed by atoms with Crippen LogP contribution in [0.15, 0.2) is 65.7 Å². The van der Waals surface area contributed by atoms with Gasteiger partial charge >= 0.3 is 0 Å². The van der Waals surface area contributed by atoms with Gasteiger partial charge in [0.25, 0.3) is 11.5 Å². The molecule has 168 valence electrons. The Balaban J connectivity index is 1.86. The van der Waals surface area contributed by atoms with E-state index in [0.29, 0.717) is 17.6 Å². The van der Waals surface area contributed by atoms with Gasteiger partial charge in [0.1, 0.15) is 16.9 Å². The number of halogens is 1. The lowest BCUT2D eigenvalue weighted by molar-refractivity contribution is 0.0940. The van der Waals surface area contributed by atoms with Crippen molar-refractivity contribution in [2.75, 3.05) is 13.2 Å². The zero-order chi connectivity index (χ0) is 23.4. The summed E-state index contributed by atoms with van der Waals surface area (Å²) in [6.07, 6.45) is 3.56. The van der Waals surface area contributed by atoms with Crippen molar-refractivity contribution in [2.45, 2.75) is 13.0 Å². The van der Waals surface area contributed by atoms with Crippen molar-refractivity contribution >= 4 is 16.9 Å². The van der Waals surface area contributed by atoms with E-state index in [9.17, 15) is 19.1 Å². The molecule has 0 spiro atoms. The molecule has 0 radical (unpaired) electrons. The maximum atomic E-state index is 13.3. The third kappa shape index (κ3) is 4.73. The first kappa shape index (κ1) is 22.1. The molecule has 1 amide bonds. The summed E-state index contributed by atoms with van der Waals surface area (Å²) in [4.78, 5) is 34.4. The molecule has 3 heterocycles. The van der Waals surface area contributed by atoms with Gasteiger partial charge < -0.3 is 15.5 Å². The van der Waals surface area contributed by atoms with Crippen LogP contribution in [0.1, 0.15) is 27.2 Å². The monoisotopic (exact) mass is 448 g/mol. The average Bonchev–Trinajstić information content (AvgIpc) is 2.82. The molecule has 0 fully saturated rings. The predicted octanol–water partition coefficient (Wildman–Crippen LogP) is 2.00. The number of pyridine rings is 3. The molecule has 4 aromatic rings. The fourth-order valence-electron chi connectivity index (χ4n) is 3.55. The number of benzene rings is 1. The van der Waals surface area contributed by atoms with Crippen LogP contribution in [0.3, 0.4) is 0 Å². The summed E-state index contributed by atoms with van der Waals surface area (Å²) >= 11 is 0. The number of rotatable bonds is 7. The van der Waals surface area contributed by atoms with Crippen molar-refractivity contribution in [3.8, 4) is 5.75 Å². The third-order valence-electron chi connectivity index (χ3n) is 5.13. The quantitative estimate of drug-likeness (QED) is 0.398. The van der Waals surface area contributed by atoms with Crippen molar-refractivity contribution in [1.82, 2.24) is 19.9 Å². The van der Waals surface area contributed by atoms with Gasteiger partial charge in [-0.2, -0.15) is 0 Å². The molecule has 4 rings (SSSR count). The van der Waals surface area contributed by atoms with Gasteiger partial charge in [-0.25, -0.2) is 4.39 Å². The number of amides is 1. The number of aromatic nitrogens is 3. The Hall–Kier alpha value is -4.11. The van der Waals surface area contributed by atoms with Crippen LogP contribution >= 0.6 is 0 Å². The van der Waals surface area contributed by atoms with E-state index < -0.39 is 22.8 Å². The normalized spacial score (nSPS) is 11.0. The van der Waals surface area contributed by atoms with Crippen LogP contribution in [0.25, 0.3) is 11.0 Å². The highest BCUT2D eigenvalue weighted by Crippen LogP contribution is 2.26. The van der Waals surface area contributed by atoms with Crippen molar-refractivity contribution in [3.63, 3.8) is 0 Å². The molecule has 0 aliphatic carbocycles. The van der Waals surface area contributed by atoms with Crippen LogP contribution in [0.2, 0.25) is 0 Å². The van der Waals surface area contributed by atoms with Crippen molar-refractivity contribution in [1.29, 1.82) is 0 Å². The molecule has 1 aromatic carbocycles. The molecule has 0 unspecified atom stereocenters. The van der Waals surface area contributed by atoms with Gasteiger partial charge in [0.2, 0.25) is 0 Å². The number of nitrogens with one attached hydrogen (secondary N) is 1. The van der Waals surface area contributed by atoms with Gasteiger partial charge in [0, 0.05) is 18.9 Å². The summed E-state index contributed by atoms with van der Waals surface area (Å²) in [6, 6.07) is 13.0. The van der Waals surface area contributed by atoms with E-state index in [0.717, 1.165) is 11.1 Å². The van der Waals surface area contributed by atoms with Crippen molar-refractivity contribution in [3.05, 3.63) is 99.5 Å². The fourth-order valence-corrected chi connectivity index (χ4v) is 3.55. The molecule has 0 aliphatic heterocycles. The highest BCUT2D eigenvalue weighted by Gasteiger charge is 2.23. The zero-order valence-electron chi connectivity index (χ0n) is 17.5. The first-order chi connectivity index (χ1) is 16.0. The summed E-state index contributed by atoms with van der Waals surface area (Å²) in [5.74, 6) is -1.67. The third-order valence-corrected chi connectivity index (χ3v) is 5.13. The van der Waals surface area contributed by atoms with Crippen LogP contribution < -0.4 is 10.9 Å². The summed E-state index contributed by atoms with van der Waals surface area (Å²) in [7, 11) is 0. The van der Waals surface area contributed by atoms with Gasteiger partial charge in [-0.1, -0.05) is 18.2 Å². The molecule has 0 atom stereocenters. The molecule has 0 bridgehead atoms. The summed E-state index contributed by atoms with van der Waals surface area (Å²) in [6.45, 7) is -0.328. The van der Waals surface area contributed by atoms with Crippen LogP contribution in [0, 0.1) is 5.82 Å². The minimum absolute atomic E-state index is 0.0540. The van der Waals surface area contributed by atoms with Gasteiger partial charge in [-0.05, 0) is 47.9 Å². The number of carbonyl (C=O) groups excluding carboxylic acids is 1. The molecule has 3 N–H and O–H groups in total. The highest BCUT2D eigenvalue weighted by molar-refractivity contribution is 6.01. The number of hydrogen-bond donors (Lipinski definition) is 3. The maximum absolute atomic E-state index is 13.3. The van der Waals surface area contributed by atoms with Gasteiger partial charge in [-0.3, -0.25) is 24.1 Å². The lowest BCUT2D eigenvalue weighted by Crippen LogP contribution is -2.35. The second kappa shape index (κ2) is 9.58. The lowest BCUT2D eigenvalue weighted by atomic mass is 10.1. The number of nitrogens with zero attached hydrogens (tertiary/aromatic N) is 3. The molecule has 33 heavy (non-hydrogen) atoms. The van der Waals surface area contributed by atoms with Crippen LogP contribution in [0.5, 0.6) is 5.75 Å². The number of fused-ring (bicyclic) bond motifs is 1. The van der Waals surface area contributed by atoms with E-state index in [1.807, 2.05) is 0 Å². The van der Waals surface area contributed by atoms with Crippen molar-refractivity contribution in [2.24, 2.45) is 0 Å². The average molecular weight is 448 g/mol. The van der Waals surface area contributed by atoms with E-state index >= 15 is 0 Å². The number of aliphatic hydroxyl groups is 1. The summed E-state index contributed by atoms with van der Waals surface area (Å²) in [5.41, 5.74) is 1.43. The second-order valence-electron chi connectivity index (χ2n) is 7.43. The standard InChI is InChI=1S/C24H21FN4O4/c25-17-6-4-15(5-7-17)11-16-12-19-21(28-13-16)22(31)20(23(32)27-9-10-30)24(33)29(19)14-18-3-1-2-8-26-18/h1-8,12-13,30-31H,9-11,14H2,(H,27,32). The first-order valence-electron chi connectivity index (χ1n) is 10.3. The SMILES string of the molecule is O=C(NCCO)c1c(O)c2ncc(Cc3ccc(F)cc3)cc2n(Cc2ccccn2)c1=O. The van der Waals surface area contributed by atoms with Crippen molar-refractivity contribution < 1.29 is 19.4 Å². The van der Waals surface area contributed by atoms with Gasteiger partial charge in [0.05, 0.1) is 24.4 Å². The Labute approximate surface area is 188 Å². The first-order valence-corrected chi connectivity index (χ1v) is 10.3.